The van der Waals surface area contributed by atoms with Gasteiger partial charge in [-0.1, -0.05) is 68.9 Å². The van der Waals surface area contributed by atoms with E-state index in [4.69, 9.17) is 35.3 Å². The molecule has 16 nitrogen and oxygen atoms in total. The predicted octanol–water partition coefficient (Wildman–Crippen LogP) is 9.40. The number of carbonyl (C=O) groups excluding carboxylic acids is 1. The Hall–Kier alpha value is -5.34. The highest BCUT2D eigenvalue weighted by Crippen LogP contribution is 2.44. The molecule has 3 heterocycles. The Morgan fingerprint density at radius 3 is 2.49 bits per heavy atom. The van der Waals surface area contributed by atoms with Crippen molar-refractivity contribution in [1.29, 1.82) is 0 Å². The molecule has 69 heavy (non-hydrogen) atoms. The van der Waals surface area contributed by atoms with Crippen LogP contribution in [-0.4, -0.2) is 114 Å². The van der Waals surface area contributed by atoms with Crippen molar-refractivity contribution in [3.8, 4) is 17.2 Å². The Bertz CT molecular complexity index is 2800. The van der Waals surface area contributed by atoms with Crippen molar-refractivity contribution in [2.24, 2.45) is 5.41 Å². The number of amides is 1. The van der Waals surface area contributed by atoms with Crippen LogP contribution in [0.3, 0.4) is 0 Å². The van der Waals surface area contributed by atoms with Crippen LogP contribution in [0.15, 0.2) is 95.5 Å². The van der Waals surface area contributed by atoms with Gasteiger partial charge in [0.2, 0.25) is 0 Å². The summed E-state index contributed by atoms with van der Waals surface area (Å²) in [6.45, 7) is 17.3. The highest BCUT2D eigenvalue weighted by Gasteiger charge is 2.31. The number of sulfonamides is 1. The maximum Gasteiger partial charge on any atom is 0.312 e. The molecule has 0 bridgehead atoms. The van der Waals surface area contributed by atoms with E-state index in [1.54, 1.807) is 35.1 Å². The summed E-state index contributed by atoms with van der Waals surface area (Å²) >= 11 is 6.27. The van der Waals surface area contributed by atoms with E-state index in [0.29, 0.717) is 44.0 Å². The molecule has 1 atom stereocenters. The third-order valence-corrected chi connectivity index (χ3v) is 16.1. The van der Waals surface area contributed by atoms with Gasteiger partial charge in [0, 0.05) is 70.2 Å². The smallest absolute Gasteiger partial charge is 0.312 e. The molecular formula is C50H61ClN6O10SSi. The Morgan fingerprint density at radius 2 is 1.77 bits per heavy atom. The van der Waals surface area contributed by atoms with Crippen molar-refractivity contribution < 1.29 is 41.8 Å². The summed E-state index contributed by atoms with van der Waals surface area (Å²) in [6.07, 6.45) is 4.40. The molecule has 4 aromatic carbocycles. The second kappa shape index (κ2) is 21.3. The summed E-state index contributed by atoms with van der Waals surface area (Å²) < 4.78 is 60.7. The zero-order chi connectivity index (χ0) is 48.9. The number of nitro groups is 1. The molecule has 0 radical (unpaired) electrons. The number of hydrogen-bond acceptors (Lipinski definition) is 13. The largest absolute Gasteiger partial charge is 0.484 e. The lowest BCUT2D eigenvalue weighted by atomic mass is 9.72. The Kier molecular flexibility index (Phi) is 15.5. The van der Waals surface area contributed by atoms with Crippen molar-refractivity contribution in [3.63, 3.8) is 0 Å². The van der Waals surface area contributed by atoms with E-state index in [-0.39, 0.29) is 42.4 Å². The fraction of sp³-hybridized carbons (Fsp3) is 0.440. The van der Waals surface area contributed by atoms with Gasteiger partial charge in [-0.05, 0) is 90.4 Å². The van der Waals surface area contributed by atoms with E-state index in [9.17, 15) is 23.3 Å². The minimum absolute atomic E-state index is 0.0397. The average molecular weight is 1000 g/mol. The summed E-state index contributed by atoms with van der Waals surface area (Å²) in [7, 11) is -5.95. The van der Waals surface area contributed by atoms with Crippen LogP contribution in [0.1, 0.15) is 49.0 Å². The van der Waals surface area contributed by atoms with Gasteiger partial charge in [0.05, 0.1) is 52.3 Å². The zero-order valence-corrected chi connectivity index (χ0v) is 42.4. The Balaban J connectivity index is 1.03. The van der Waals surface area contributed by atoms with Crippen molar-refractivity contribution in [1.82, 2.24) is 19.4 Å². The van der Waals surface area contributed by atoms with Gasteiger partial charge in [0.1, 0.15) is 30.9 Å². The first kappa shape index (κ1) is 50.1. The van der Waals surface area contributed by atoms with Crippen molar-refractivity contribution in [3.05, 3.63) is 117 Å². The highest BCUT2D eigenvalue weighted by molar-refractivity contribution is 7.90. The summed E-state index contributed by atoms with van der Waals surface area (Å²) in [6, 6.07) is 22.9. The van der Waals surface area contributed by atoms with Gasteiger partial charge < -0.3 is 28.6 Å². The van der Waals surface area contributed by atoms with E-state index in [1.807, 2.05) is 24.3 Å². The lowest BCUT2D eigenvalue weighted by Gasteiger charge is -2.39. The molecule has 2 saturated heterocycles. The number of fused-ring (bicyclic) bond motifs is 1. The lowest BCUT2D eigenvalue weighted by molar-refractivity contribution is -0.386. The van der Waals surface area contributed by atoms with Crippen LogP contribution >= 0.6 is 11.6 Å². The maximum absolute atomic E-state index is 14.2. The van der Waals surface area contributed by atoms with Gasteiger partial charge in [-0.25, -0.2) is 17.8 Å². The third-order valence-electron chi connectivity index (χ3n) is 12.8. The number of piperazine rings is 1. The number of nitrogens with zero attached hydrogens (tertiary/aromatic N) is 5. The van der Waals surface area contributed by atoms with Gasteiger partial charge in [0.25, 0.3) is 15.9 Å². The van der Waals surface area contributed by atoms with E-state index < -0.39 is 45.6 Å². The molecule has 368 valence electrons. The van der Waals surface area contributed by atoms with Gasteiger partial charge >= 0.3 is 5.69 Å². The van der Waals surface area contributed by atoms with Gasteiger partial charge in [0.15, 0.2) is 5.75 Å². The summed E-state index contributed by atoms with van der Waals surface area (Å²) in [4.78, 5) is 29.8. The van der Waals surface area contributed by atoms with Crippen LogP contribution in [0, 0.1) is 15.5 Å². The number of carbonyl (C=O) groups is 1. The molecule has 1 aliphatic carbocycles. The normalized spacial score (nSPS) is 18.1. The zero-order valence-electron chi connectivity index (χ0n) is 39.9. The number of anilines is 1. The Morgan fingerprint density at radius 1 is 0.986 bits per heavy atom. The van der Waals surface area contributed by atoms with Crippen LogP contribution in [0.2, 0.25) is 30.7 Å². The minimum atomic E-state index is -4.65. The van der Waals surface area contributed by atoms with Crippen LogP contribution < -0.4 is 19.1 Å². The van der Waals surface area contributed by atoms with E-state index >= 15 is 0 Å². The number of halogens is 1. The number of ether oxygens (including phenoxy) is 5. The Labute approximate surface area is 409 Å². The molecule has 0 saturated carbocycles. The molecule has 1 aromatic heterocycles. The molecule has 2 fully saturated rings. The molecule has 0 spiro atoms. The lowest BCUT2D eigenvalue weighted by Crippen LogP contribution is -2.47. The quantitative estimate of drug-likeness (QED) is 0.0381. The molecule has 5 aromatic rings. The van der Waals surface area contributed by atoms with E-state index in [1.165, 1.54) is 22.8 Å². The molecule has 1 N–H and O–H groups in total. The van der Waals surface area contributed by atoms with Gasteiger partial charge in [-0.15, -0.1) is 0 Å². The number of allylic oxidation sites excluding steroid dienone is 1. The van der Waals surface area contributed by atoms with Crippen molar-refractivity contribution in [2.75, 3.05) is 70.7 Å². The number of nitro benzene ring substituents is 1. The SMILES string of the molecule is CC1(C)CCC(CN2CCN(c3ccc(C(=O)NS(=O)(=O)c4ccc(OCC5COCCO5)c([N+](=O)[O-])c4)c(Oc4cccc5c4cnn5COCC[Si](C)(C)C)c3)CC2)=C(c2ccc(Cl)cc2)C1. The molecular weight excluding hydrogens is 940 g/mol. The summed E-state index contributed by atoms with van der Waals surface area (Å²) in [5.74, 6) is -0.630. The predicted molar refractivity (Wildman–Crippen MR) is 269 cm³/mol. The monoisotopic (exact) mass is 1000 g/mol. The number of hydrogen-bond donors (Lipinski definition) is 1. The molecule has 8 rings (SSSR count). The van der Waals surface area contributed by atoms with Gasteiger partial charge in [-0.3, -0.25) is 19.8 Å². The van der Waals surface area contributed by atoms with Gasteiger partial charge in [-0.2, -0.15) is 5.10 Å². The van der Waals surface area contributed by atoms with Crippen LogP contribution in [-0.2, 0) is 31.0 Å². The molecule has 19 heteroatoms. The topological polar surface area (TPSA) is 177 Å². The second-order valence-electron chi connectivity index (χ2n) is 19.9. The fourth-order valence-electron chi connectivity index (χ4n) is 8.77. The fourth-order valence-corrected chi connectivity index (χ4v) is 10.6. The second-order valence-corrected chi connectivity index (χ2v) is 27.6. The highest BCUT2D eigenvalue weighted by atomic mass is 35.5. The molecule has 2 aliphatic heterocycles. The molecule has 1 amide bonds. The van der Waals surface area contributed by atoms with E-state index in [0.717, 1.165) is 73.3 Å². The average Bonchev–Trinajstić information content (AvgIpc) is 3.74. The first-order valence-corrected chi connectivity index (χ1v) is 28.9. The number of nitrogens with one attached hydrogen (secondary N) is 1. The molecule has 3 aliphatic rings. The molecule has 1 unspecified atom stereocenters. The standard InChI is InChI=1S/C50H61ClN6O10SSi/c1-50(2)18-17-36(42(29-50)35-9-11-37(51)12-10-35)31-54-19-21-55(22-20-54)38-13-15-41(48(27-38)67-46-8-6-7-44-43(46)30-52-56(44)34-64-25-26-69(3,4)5)49(58)53-68(61,62)40-14-16-47(45(28-40)57(59)60)66-33-39-32-63-23-24-65-39/h6-16,27-28,30,39H,17-26,29,31-34H2,1-5H3,(H,53,58). The van der Waals surface area contributed by atoms with Crippen LogP contribution in [0.4, 0.5) is 11.4 Å². The first-order valence-electron chi connectivity index (χ1n) is 23.4. The third kappa shape index (κ3) is 12.7. The van der Waals surface area contributed by atoms with Crippen LogP contribution in [0.5, 0.6) is 17.2 Å². The number of benzene rings is 4. The van der Waals surface area contributed by atoms with Crippen molar-refractivity contribution >= 4 is 63.5 Å². The van der Waals surface area contributed by atoms with Crippen LogP contribution in [0.25, 0.3) is 16.5 Å². The van der Waals surface area contributed by atoms with Crippen molar-refractivity contribution in [2.45, 2.75) is 76.5 Å². The summed E-state index contributed by atoms with van der Waals surface area (Å²) in [5.41, 5.74) is 5.18. The van der Waals surface area contributed by atoms with E-state index in [2.05, 4.69) is 65.2 Å². The first-order chi connectivity index (χ1) is 32.9. The summed E-state index contributed by atoms with van der Waals surface area (Å²) in [5, 5.41) is 18.1. The number of aromatic nitrogens is 2. The maximum atomic E-state index is 14.2. The minimum Gasteiger partial charge on any atom is -0.484 e. The number of rotatable bonds is 18.